The van der Waals surface area contributed by atoms with Crippen LogP contribution in [0, 0.1) is 0 Å². The van der Waals surface area contributed by atoms with Gasteiger partial charge in [0, 0.05) is 18.3 Å². The Balaban J connectivity index is 2.90. The van der Waals surface area contributed by atoms with Gasteiger partial charge in [0.2, 0.25) is 5.28 Å². The third-order valence-corrected chi connectivity index (χ3v) is 1.64. The fourth-order valence-corrected chi connectivity index (χ4v) is 1.12. The van der Waals surface area contributed by atoms with E-state index in [4.69, 9.17) is 11.6 Å². The Hall–Kier alpha value is -0.830. The van der Waals surface area contributed by atoms with Crippen LogP contribution in [0.25, 0.3) is 0 Å². The van der Waals surface area contributed by atoms with Gasteiger partial charge in [-0.1, -0.05) is 6.92 Å². The number of rotatable bonds is 3. The van der Waals surface area contributed by atoms with Gasteiger partial charge >= 0.3 is 0 Å². The van der Waals surface area contributed by atoms with Crippen LogP contribution in [0.5, 0.6) is 0 Å². The number of aromatic nitrogens is 2. The maximum Gasteiger partial charge on any atom is 0.224 e. The number of aryl methyl sites for hydroxylation is 1. The van der Waals surface area contributed by atoms with Gasteiger partial charge in [0.25, 0.3) is 0 Å². The highest BCUT2D eigenvalue weighted by Crippen LogP contribution is 2.10. The largest absolute Gasteiger partial charge is 0.370 e. The molecule has 0 aromatic carbocycles. The van der Waals surface area contributed by atoms with Crippen LogP contribution in [0.15, 0.2) is 6.07 Å². The predicted molar refractivity (Wildman–Crippen MR) is 50.6 cm³/mol. The maximum atomic E-state index is 5.70. The lowest BCUT2D eigenvalue weighted by Crippen LogP contribution is -2.01. The number of anilines is 1. The summed E-state index contributed by atoms with van der Waals surface area (Å²) < 4.78 is 0. The van der Waals surface area contributed by atoms with Gasteiger partial charge in [-0.15, -0.1) is 0 Å². The second-order valence-electron chi connectivity index (χ2n) is 2.40. The molecule has 0 saturated carbocycles. The van der Waals surface area contributed by atoms with Crippen molar-refractivity contribution in [1.82, 2.24) is 9.97 Å². The van der Waals surface area contributed by atoms with Crippen LogP contribution in [0.3, 0.4) is 0 Å². The summed E-state index contributed by atoms with van der Waals surface area (Å²) in [5, 5.41) is 3.40. The van der Waals surface area contributed by atoms with E-state index in [2.05, 4.69) is 15.3 Å². The molecule has 0 unspecified atom stereocenters. The molecule has 0 spiro atoms. The molecule has 1 rings (SSSR count). The molecule has 0 radical (unpaired) electrons. The van der Waals surface area contributed by atoms with E-state index >= 15 is 0 Å². The highest BCUT2D eigenvalue weighted by atomic mass is 35.5. The van der Waals surface area contributed by atoms with Gasteiger partial charge in [-0.25, -0.2) is 9.97 Å². The van der Waals surface area contributed by atoms with E-state index in [-0.39, 0.29) is 0 Å². The van der Waals surface area contributed by atoms with Crippen LogP contribution in [-0.4, -0.2) is 16.5 Å². The Kier molecular flexibility index (Phi) is 3.29. The maximum absolute atomic E-state index is 5.70. The zero-order chi connectivity index (χ0) is 8.97. The van der Waals surface area contributed by atoms with Crippen molar-refractivity contribution in [2.45, 2.75) is 20.3 Å². The molecule has 4 heteroatoms. The van der Waals surface area contributed by atoms with Crippen molar-refractivity contribution in [2.24, 2.45) is 0 Å². The standard InChI is InChI=1S/C8H12ClN3/c1-3-6-5-7(10-4-2)12-8(9)11-6/h5H,3-4H2,1-2H3,(H,10,11,12). The molecule has 0 atom stereocenters. The predicted octanol–water partition coefficient (Wildman–Crippen LogP) is 2.12. The van der Waals surface area contributed by atoms with Crippen molar-refractivity contribution >= 4 is 17.4 Å². The molecule has 0 aliphatic heterocycles. The van der Waals surface area contributed by atoms with E-state index in [1.165, 1.54) is 0 Å². The molecule has 0 fully saturated rings. The average molecular weight is 186 g/mol. The molecule has 0 saturated heterocycles. The van der Waals surface area contributed by atoms with Crippen LogP contribution in [0.2, 0.25) is 5.28 Å². The fourth-order valence-electron chi connectivity index (χ4n) is 0.918. The minimum absolute atomic E-state index is 0.310. The molecule has 1 aromatic heterocycles. The van der Waals surface area contributed by atoms with Crippen molar-refractivity contribution in [3.63, 3.8) is 0 Å². The van der Waals surface area contributed by atoms with Crippen molar-refractivity contribution in [2.75, 3.05) is 11.9 Å². The van der Waals surface area contributed by atoms with E-state index in [1.807, 2.05) is 19.9 Å². The molecule has 1 N–H and O–H groups in total. The Bertz CT molecular complexity index is 262. The molecule has 0 aliphatic carbocycles. The fraction of sp³-hybridized carbons (Fsp3) is 0.500. The van der Waals surface area contributed by atoms with Crippen LogP contribution in [0.1, 0.15) is 19.5 Å². The van der Waals surface area contributed by atoms with Crippen molar-refractivity contribution in [1.29, 1.82) is 0 Å². The normalized spacial score (nSPS) is 9.92. The monoisotopic (exact) mass is 185 g/mol. The summed E-state index contributed by atoms with van der Waals surface area (Å²) in [5.41, 5.74) is 0.964. The van der Waals surface area contributed by atoms with Gasteiger partial charge in [0.1, 0.15) is 5.82 Å². The summed E-state index contributed by atoms with van der Waals surface area (Å²) in [5.74, 6) is 0.800. The topological polar surface area (TPSA) is 37.8 Å². The van der Waals surface area contributed by atoms with Crippen LogP contribution in [0.4, 0.5) is 5.82 Å². The Morgan fingerprint density at radius 1 is 1.42 bits per heavy atom. The lowest BCUT2D eigenvalue weighted by atomic mass is 10.3. The van der Waals surface area contributed by atoms with E-state index in [0.29, 0.717) is 5.28 Å². The Morgan fingerprint density at radius 2 is 2.17 bits per heavy atom. The average Bonchev–Trinajstić information content (AvgIpc) is 2.04. The molecule has 3 nitrogen and oxygen atoms in total. The van der Waals surface area contributed by atoms with Gasteiger partial charge in [0.05, 0.1) is 0 Å². The Morgan fingerprint density at radius 3 is 2.75 bits per heavy atom. The van der Waals surface area contributed by atoms with E-state index in [1.54, 1.807) is 0 Å². The SMILES string of the molecule is CCNc1cc(CC)nc(Cl)n1. The molecule has 0 bridgehead atoms. The summed E-state index contributed by atoms with van der Waals surface area (Å²) in [6, 6.07) is 1.91. The van der Waals surface area contributed by atoms with Gasteiger partial charge in [-0.05, 0) is 24.9 Å². The summed E-state index contributed by atoms with van der Waals surface area (Å²) in [6.45, 7) is 4.90. The smallest absolute Gasteiger partial charge is 0.224 e. The van der Waals surface area contributed by atoms with Crippen LogP contribution < -0.4 is 5.32 Å². The van der Waals surface area contributed by atoms with Gasteiger partial charge < -0.3 is 5.32 Å². The molecule has 66 valence electrons. The summed E-state index contributed by atoms with van der Waals surface area (Å²) in [4.78, 5) is 8.06. The molecular formula is C8H12ClN3. The van der Waals surface area contributed by atoms with Gasteiger partial charge in [-0.3, -0.25) is 0 Å². The minimum Gasteiger partial charge on any atom is -0.370 e. The van der Waals surface area contributed by atoms with Crippen molar-refractivity contribution in [3.05, 3.63) is 17.0 Å². The first-order valence-corrected chi connectivity index (χ1v) is 4.41. The third-order valence-electron chi connectivity index (χ3n) is 1.47. The first-order valence-electron chi connectivity index (χ1n) is 4.03. The van der Waals surface area contributed by atoms with Crippen LogP contribution >= 0.6 is 11.6 Å². The third kappa shape index (κ3) is 2.34. The zero-order valence-electron chi connectivity index (χ0n) is 7.26. The quantitative estimate of drug-likeness (QED) is 0.734. The van der Waals surface area contributed by atoms with E-state index < -0.39 is 0 Å². The lowest BCUT2D eigenvalue weighted by molar-refractivity contribution is 0.992. The van der Waals surface area contributed by atoms with Crippen molar-refractivity contribution in [3.8, 4) is 0 Å². The summed E-state index contributed by atoms with van der Waals surface area (Å²) >= 11 is 5.70. The molecule has 1 heterocycles. The molecular weight excluding hydrogens is 174 g/mol. The van der Waals surface area contributed by atoms with Crippen molar-refractivity contribution < 1.29 is 0 Å². The van der Waals surface area contributed by atoms with E-state index in [9.17, 15) is 0 Å². The minimum atomic E-state index is 0.310. The van der Waals surface area contributed by atoms with Crippen LogP contribution in [-0.2, 0) is 6.42 Å². The number of nitrogens with zero attached hydrogens (tertiary/aromatic N) is 2. The van der Waals surface area contributed by atoms with Gasteiger partial charge in [0.15, 0.2) is 0 Å². The highest BCUT2D eigenvalue weighted by Gasteiger charge is 1.99. The number of hydrogen-bond donors (Lipinski definition) is 1. The lowest BCUT2D eigenvalue weighted by Gasteiger charge is -2.03. The molecule has 1 aromatic rings. The zero-order valence-corrected chi connectivity index (χ0v) is 8.02. The Labute approximate surface area is 77.2 Å². The second kappa shape index (κ2) is 4.26. The molecule has 0 amide bonds. The van der Waals surface area contributed by atoms with E-state index in [0.717, 1.165) is 24.5 Å². The first kappa shape index (κ1) is 9.26. The van der Waals surface area contributed by atoms with Gasteiger partial charge in [-0.2, -0.15) is 0 Å². The first-order chi connectivity index (χ1) is 5.76. The molecule has 12 heavy (non-hydrogen) atoms. The number of nitrogens with one attached hydrogen (secondary N) is 1. The highest BCUT2D eigenvalue weighted by molar-refractivity contribution is 6.28. The number of hydrogen-bond acceptors (Lipinski definition) is 3. The number of halogens is 1. The molecule has 0 aliphatic rings. The second-order valence-corrected chi connectivity index (χ2v) is 2.74. The summed E-state index contributed by atoms with van der Waals surface area (Å²) in [7, 11) is 0. The summed E-state index contributed by atoms with van der Waals surface area (Å²) in [6.07, 6.45) is 0.876.